The van der Waals surface area contributed by atoms with Crippen LogP contribution in [0.5, 0.6) is 0 Å². The molecular formula is C25H22N2O5. The molecule has 0 spiro atoms. The molecule has 162 valence electrons. The number of para-hydroxylation sites is 1. The topological polar surface area (TPSA) is 90.7 Å². The number of fused-ring (bicyclic) bond motifs is 5. The highest BCUT2D eigenvalue weighted by Crippen LogP contribution is 2.39. The van der Waals surface area contributed by atoms with Crippen LogP contribution in [0.4, 0.5) is 0 Å². The Balaban J connectivity index is 1.77. The molecule has 1 aromatic carbocycles. The minimum atomic E-state index is -1.84. The molecule has 5 rings (SSSR count). The Morgan fingerprint density at radius 3 is 2.88 bits per heavy atom. The number of esters is 1. The molecule has 0 unspecified atom stereocenters. The lowest BCUT2D eigenvalue weighted by Gasteiger charge is -2.31. The third-order valence-corrected chi connectivity index (χ3v) is 6.24. The number of aromatic nitrogens is 2. The summed E-state index contributed by atoms with van der Waals surface area (Å²) >= 11 is 0. The maximum atomic E-state index is 13.4. The van der Waals surface area contributed by atoms with E-state index in [0.29, 0.717) is 42.1 Å². The fraction of sp³-hybridized carbons (Fsp3) is 0.320. The standard InChI is InChI=1S/C25H22N2O5/c1-3-25(30)19-12-21-22-17(13-27(21)23(28)18(19)14-32-24(25)29)15(8-6-7-11-31-2)16-9-4-5-10-20(16)26-22/h4-5,9-10,12,30H,3,7,11,13-14H2,1-2H3/t25-/m0/s1. The molecule has 1 atom stereocenters. The monoisotopic (exact) mass is 430 g/mol. The predicted octanol–water partition coefficient (Wildman–Crippen LogP) is 2.47. The van der Waals surface area contributed by atoms with Gasteiger partial charge in [0.15, 0.2) is 5.60 Å². The Morgan fingerprint density at radius 2 is 2.09 bits per heavy atom. The summed E-state index contributed by atoms with van der Waals surface area (Å²) in [6.07, 6.45) is 0.696. The van der Waals surface area contributed by atoms with Crippen molar-refractivity contribution in [3.63, 3.8) is 0 Å². The quantitative estimate of drug-likeness (QED) is 0.305. The second-order valence-corrected chi connectivity index (χ2v) is 7.98. The summed E-state index contributed by atoms with van der Waals surface area (Å²) in [6.45, 7) is 2.40. The van der Waals surface area contributed by atoms with E-state index in [-0.39, 0.29) is 18.6 Å². The number of benzene rings is 1. The van der Waals surface area contributed by atoms with Crippen LogP contribution in [0, 0.1) is 11.8 Å². The Bertz CT molecular complexity index is 1400. The van der Waals surface area contributed by atoms with Gasteiger partial charge < -0.3 is 19.1 Å². The average Bonchev–Trinajstić information content (AvgIpc) is 3.17. The molecule has 0 fully saturated rings. The third-order valence-electron chi connectivity index (χ3n) is 6.24. The van der Waals surface area contributed by atoms with E-state index in [1.165, 1.54) is 0 Å². The van der Waals surface area contributed by atoms with Gasteiger partial charge >= 0.3 is 5.97 Å². The minimum Gasteiger partial charge on any atom is -0.458 e. The van der Waals surface area contributed by atoms with E-state index in [4.69, 9.17) is 14.5 Å². The van der Waals surface area contributed by atoms with Crippen molar-refractivity contribution in [1.82, 2.24) is 9.55 Å². The normalized spacial score (nSPS) is 18.4. The molecule has 7 heteroatoms. The van der Waals surface area contributed by atoms with Crippen LogP contribution in [-0.4, -0.2) is 34.3 Å². The zero-order valence-corrected chi connectivity index (χ0v) is 17.9. The smallest absolute Gasteiger partial charge is 0.343 e. The lowest BCUT2D eigenvalue weighted by Crippen LogP contribution is -2.44. The van der Waals surface area contributed by atoms with Gasteiger partial charge in [-0.3, -0.25) is 4.79 Å². The molecule has 0 aliphatic carbocycles. The first-order valence-electron chi connectivity index (χ1n) is 10.6. The van der Waals surface area contributed by atoms with E-state index >= 15 is 0 Å². The van der Waals surface area contributed by atoms with Crippen molar-refractivity contribution < 1.29 is 19.4 Å². The number of pyridine rings is 2. The number of aliphatic hydroxyl groups is 1. The fourth-order valence-corrected chi connectivity index (χ4v) is 4.47. The van der Waals surface area contributed by atoms with Crippen LogP contribution in [0.3, 0.4) is 0 Å². The molecule has 0 saturated carbocycles. The lowest BCUT2D eigenvalue weighted by atomic mass is 9.86. The number of methoxy groups -OCH3 is 1. The maximum absolute atomic E-state index is 13.4. The highest BCUT2D eigenvalue weighted by Gasteiger charge is 2.45. The van der Waals surface area contributed by atoms with E-state index in [1.54, 1.807) is 24.7 Å². The van der Waals surface area contributed by atoms with Crippen LogP contribution >= 0.6 is 0 Å². The van der Waals surface area contributed by atoms with Gasteiger partial charge in [0.2, 0.25) is 0 Å². The second kappa shape index (κ2) is 7.59. The number of hydrogen-bond donors (Lipinski definition) is 1. The molecule has 0 saturated heterocycles. The summed E-state index contributed by atoms with van der Waals surface area (Å²) < 4.78 is 11.9. The summed E-state index contributed by atoms with van der Waals surface area (Å²) in [7, 11) is 1.64. The van der Waals surface area contributed by atoms with Crippen LogP contribution in [0.2, 0.25) is 0 Å². The molecule has 1 N–H and O–H groups in total. The highest BCUT2D eigenvalue weighted by molar-refractivity contribution is 5.91. The largest absolute Gasteiger partial charge is 0.458 e. The van der Waals surface area contributed by atoms with Crippen LogP contribution in [0.25, 0.3) is 22.3 Å². The summed E-state index contributed by atoms with van der Waals surface area (Å²) in [5.41, 5.74) is 2.19. The predicted molar refractivity (Wildman–Crippen MR) is 118 cm³/mol. The van der Waals surface area contributed by atoms with E-state index in [9.17, 15) is 14.7 Å². The first-order valence-corrected chi connectivity index (χ1v) is 10.6. The molecule has 2 aliphatic heterocycles. The van der Waals surface area contributed by atoms with Crippen molar-refractivity contribution >= 4 is 16.9 Å². The number of cyclic esters (lactones) is 1. The van der Waals surface area contributed by atoms with Crippen LogP contribution in [-0.2, 0) is 33.0 Å². The number of nitrogens with zero attached hydrogens (tertiary/aromatic N) is 2. The zero-order valence-electron chi connectivity index (χ0n) is 17.9. The molecule has 3 aromatic rings. The number of carbonyl (C=O) groups is 1. The third kappa shape index (κ3) is 2.88. The molecule has 2 aliphatic rings. The Kier molecular flexibility index (Phi) is 4.85. The van der Waals surface area contributed by atoms with Gasteiger partial charge in [-0.05, 0) is 18.6 Å². The van der Waals surface area contributed by atoms with Crippen molar-refractivity contribution in [2.75, 3.05) is 13.7 Å². The van der Waals surface area contributed by atoms with Crippen LogP contribution in [0.15, 0.2) is 35.1 Å². The number of ether oxygens (including phenoxy) is 2. The number of rotatable bonds is 3. The fourth-order valence-electron chi connectivity index (χ4n) is 4.47. The SMILES string of the molecule is CC[C@@]1(O)C(=O)OCc2c1cc1n(c2=O)Cc2c-1nc1ccccc1c2C#CCCOC. The summed E-state index contributed by atoms with van der Waals surface area (Å²) in [6, 6.07) is 9.45. The maximum Gasteiger partial charge on any atom is 0.343 e. The molecule has 0 amide bonds. The number of carbonyl (C=O) groups excluding carboxylic acids is 1. The van der Waals surface area contributed by atoms with Crippen molar-refractivity contribution in [3.05, 3.63) is 62.9 Å². The molecule has 2 aromatic heterocycles. The summed E-state index contributed by atoms with van der Waals surface area (Å²) in [5.74, 6) is 5.69. The first-order chi connectivity index (χ1) is 15.5. The molecular weight excluding hydrogens is 408 g/mol. The zero-order chi connectivity index (χ0) is 22.5. The van der Waals surface area contributed by atoms with Gasteiger partial charge in [-0.1, -0.05) is 37.0 Å². The minimum absolute atomic E-state index is 0.107. The lowest BCUT2D eigenvalue weighted by molar-refractivity contribution is -0.172. The van der Waals surface area contributed by atoms with Crippen molar-refractivity contribution in [1.29, 1.82) is 0 Å². The van der Waals surface area contributed by atoms with Gasteiger partial charge in [-0.15, -0.1) is 0 Å². The van der Waals surface area contributed by atoms with Crippen molar-refractivity contribution in [2.45, 2.75) is 38.5 Å². The molecule has 0 radical (unpaired) electrons. The summed E-state index contributed by atoms with van der Waals surface area (Å²) in [4.78, 5) is 30.5. The van der Waals surface area contributed by atoms with Crippen LogP contribution < -0.4 is 5.56 Å². The molecule has 4 heterocycles. The molecule has 7 nitrogen and oxygen atoms in total. The van der Waals surface area contributed by atoms with Crippen LogP contribution in [0.1, 0.15) is 42.0 Å². The second-order valence-electron chi connectivity index (χ2n) is 7.98. The van der Waals surface area contributed by atoms with E-state index in [2.05, 4.69) is 11.8 Å². The first kappa shape index (κ1) is 20.4. The van der Waals surface area contributed by atoms with Gasteiger partial charge in [-0.2, -0.15) is 0 Å². The van der Waals surface area contributed by atoms with E-state index in [0.717, 1.165) is 22.0 Å². The Labute approximate surface area is 184 Å². The number of hydrogen-bond acceptors (Lipinski definition) is 6. The van der Waals surface area contributed by atoms with Gasteiger partial charge in [0.1, 0.15) is 6.61 Å². The van der Waals surface area contributed by atoms with Gasteiger partial charge in [0.25, 0.3) is 5.56 Å². The molecule has 0 bridgehead atoms. The Morgan fingerprint density at radius 1 is 1.28 bits per heavy atom. The van der Waals surface area contributed by atoms with Gasteiger partial charge in [0, 0.05) is 35.6 Å². The van der Waals surface area contributed by atoms with Gasteiger partial charge in [0.05, 0.1) is 35.6 Å². The highest BCUT2D eigenvalue weighted by atomic mass is 16.6. The van der Waals surface area contributed by atoms with Crippen molar-refractivity contribution in [2.24, 2.45) is 0 Å². The van der Waals surface area contributed by atoms with Gasteiger partial charge in [-0.25, -0.2) is 9.78 Å². The van der Waals surface area contributed by atoms with E-state index < -0.39 is 11.6 Å². The average molecular weight is 430 g/mol. The Hall–Kier alpha value is -3.47. The molecule has 32 heavy (non-hydrogen) atoms. The van der Waals surface area contributed by atoms with Crippen molar-refractivity contribution in [3.8, 4) is 23.2 Å². The summed E-state index contributed by atoms with van der Waals surface area (Å²) in [5, 5.41) is 11.9. The van der Waals surface area contributed by atoms with E-state index in [1.807, 2.05) is 24.3 Å².